The van der Waals surface area contributed by atoms with Crippen LogP contribution in [-0.4, -0.2) is 9.55 Å². The highest BCUT2D eigenvalue weighted by Gasteiger charge is 2.17. The van der Waals surface area contributed by atoms with Crippen LogP contribution >= 0.6 is 0 Å². The highest BCUT2D eigenvalue weighted by Crippen LogP contribution is 2.19. The summed E-state index contributed by atoms with van der Waals surface area (Å²) >= 11 is 0. The van der Waals surface area contributed by atoms with Gasteiger partial charge in [0, 0.05) is 17.8 Å². The molecule has 0 fully saturated rings. The van der Waals surface area contributed by atoms with Gasteiger partial charge in [-0.25, -0.2) is 4.98 Å². The van der Waals surface area contributed by atoms with Crippen molar-refractivity contribution in [1.29, 1.82) is 0 Å². The Balaban J connectivity index is 3.08. The van der Waals surface area contributed by atoms with Crippen LogP contribution in [0.15, 0.2) is 12.5 Å². The lowest BCUT2D eigenvalue weighted by Crippen LogP contribution is -2.25. The van der Waals surface area contributed by atoms with Gasteiger partial charge in [-0.3, -0.25) is 0 Å². The summed E-state index contributed by atoms with van der Waals surface area (Å²) in [6, 6.07) is 0.0479. The number of imidazole rings is 1. The first-order valence-electron chi connectivity index (χ1n) is 4.21. The molecule has 0 aliphatic rings. The average Bonchev–Trinajstić information content (AvgIpc) is 2.30. The largest absolute Gasteiger partial charge is 0.328 e. The molecule has 1 aromatic heterocycles. The summed E-state index contributed by atoms with van der Waals surface area (Å²) in [5.74, 6) is 0. The number of hydrogen-bond acceptors (Lipinski definition) is 2. The van der Waals surface area contributed by atoms with Crippen molar-refractivity contribution in [2.45, 2.75) is 39.3 Å². The van der Waals surface area contributed by atoms with Gasteiger partial charge >= 0.3 is 0 Å². The molecule has 3 nitrogen and oxygen atoms in total. The number of rotatable bonds is 1. The molecule has 1 heterocycles. The Morgan fingerprint density at radius 3 is 2.42 bits per heavy atom. The molecule has 0 saturated heterocycles. The molecule has 12 heavy (non-hydrogen) atoms. The van der Waals surface area contributed by atoms with Crippen LogP contribution in [0.4, 0.5) is 0 Å². The van der Waals surface area contributed by atoms with E-state index in [0.717, 1.165) is 5.69 Å². The fourth-order valence-corrected chi connectivity index (χ4v) is 1.20. The molecule has 1 rings (SSSR count). The van der Waals surface area contributed by atoms with Gasteiger partial charge in [0.05, 0.1) is 12.0 Å². The van der Waals surface area contributed by atoms with Crippen LogP contribution < -0.4 is 5.73 Å². The van der Waals surface area contributed by atoms with E-state index in [2.05, 4.69) is 30.3 Å². The fraction of sp³-hybridized carbons (Fsp3) is 0.667. The number of aromatic nitrogens is 2. The lowest BCUT2D eigenvalue weighted by molar-refractivity contribution is 0.378. The van der Waals surface area contributed by atoms with Gasteiger partial charge in [-0.15, -0.1) is 0 Å². The van der Waals surface area contributed by atoms with Crippen LogP contribution in [0.25, 0.3) is 0 Å². The van der Waals surface area contributed by atoms with E-state index in [1.807, 2.05) is 19.4 Å². The molecule has 0 radical (unpaired) electrons. The molecule has 0 aromatic carbocycles. The maximum atomic E-state index is 5.79. The Bertz CT molecular complexity index is 255. The van der Waals surface area contributed by atoms with Crippen molar-refractivity contribution >= 4 is 0 Å². The summed E-state index contributed by atoms with van der Waals surface area (Å²) < 4.78 is 2.11. The summed E-state index contributed by atoms with van der Waals surface area (Å²) in [4.78, 5) is 4.09. The third-order valence-corrected chi connectivity index (χ3v) is 1.86. The highest BCUT2D eigenvalue weighted by atomic mass is 15.1. The normalized spacial score (nSPS) is 14.8. The SMILES string of the molecule is C[C@H](N)c1cncn1C(C)(C)C. The Hall–Kier alpha value is -0.830. The van der Waals surface area contributed by atoms with Gasteiger partial charge in [0.25, 0.3) is 0 Å². The molecule has 0 unspecified atom stereocenters. The molecule has 2 N–H and O–H groups in total. The molecule has 1 aromatic rings. The van der Waals surface area contributed by atoms with Crippen molar-refractivity contribution in [1.82, 2.24) is 9.55 Å². The molecule has 1 atom stereocenters. The van der Waals surface area contributed by atoms with Crippen molar-refractivity contribution in [3.63, 3.8) is 0 Å². The predicted octanol–water partition coefficient (Wildman–Crippen LogP) is 1.66. The first kappa shape index (κ1) is 9.26. The Kier molecular flexibility index (Phi) is 2.24. The van der Waals surface area contributed by atoms with E-state index < -0.39 is 0 Å². The van der Waals surface area contributed by atoms with Crippen molar-refractivity contribution in [2.24, 2.45) is 5.73 Å². The first-order valence-corrected chi connectivity index (χ1v) is 4.21. The van der Waals surface area contributed by atoms with E-state index in [1.54, 1.807) is 0 Å². The number of nitrogens with zero attached hydrogens (tertiary/aromatic N) is 2. The molecule has 0 spiro atoms. The minimum Gasteiger partial charge on any atom is -0.328 e. The molecule has 0 aliphatic heterocycles. The van der Waals surface area contributed by atoms with Crippen molar-refractivity contribution in [2.75, 3.05) is 0 Å². The zero-order chi connectivity index (χ0) is 9.35. The molecule has 0 bridgehead atoms. The molecule has 0 saturated carbocycles. The van der Waals surface area contributed by atoms with Gasteiger partial charge in [0.2, 0.25) is 0 Å². The lowest BCUT2D eigenvalue weighted by atomic mass is 10.1. The van der Waals surface area contributed by atoms with Gasteiger partial charge in [0.1, 0.15) is 0 Å². The standard InChI is InChI=1S/C9H17N3/c1-7(10)8-5-11-6-12(8)9(2,3)4/h5-7H,10H2,1-4H3/t7-/m0/s1. The number of hydrogen-bond donors (Lipinski definition) is 1. The van der Waals surface area contributed by atoms with E-state index in [9.17, 15) is 0 Å². The quantitative estimate of drug-likeness (QED) is 0.691. The summed E-state index contributed by atoms with van der Waals surface area (Å²) in [6.45, 7) is 8.39. The van der Waals surface area contributed by atoms with Gasteiger partial charge in [-0.05, 0) is 27.7 Å². The minimum absolute atomic E-state index is 0.0479. The maximum absolute atomic E-state index is 5.79. The molecule has 68 valence electrons. The van der Waals surface area contributed by atoms with E-state index in [4.69, 9.17) is 5.73 Å². The lowest BCUT2D eigenvalue weighted by Gasteiger charge is -2.24. The van der Waals surface area contributed by atoms with Crippen LogP contribution in [0, 0.1) is 0 Å². The van der Waals surface area contributed by atoms with E-state index >= 15 is 0 Å². The van der Waals surface area contributed by atoms with Crippen LogP contribution in [0.5, 0.6) is 0 Å². The van der Waals surface area contributed by atoms with Gasteiger partial charge in [-0.1, -0.05) is 0 Å². The topological polar surface area (TPSA) is 43.8 Å². The molecule has 0 amide bonds. The predicted molar refractivity (Wildman–Crippen MR) is 49.8 cm³/mol. The Morgan fingerprint density at radius 1 is 1.50 bits per heavy atom. The van der Waals surface area contributed by atoms with Crippen LogP contribution in [-0.2, 0) is 5.54 Å². The zero-order valence-corrected chi connectivity index (χ0v) is 8.20. The molecule has 0 aliphatic carbocycles. The fourth-order valence-electron chi connectivity index (χ4n) is 1.20. The monoisotopic (exact) mass is 167 g/mol. The van der Waals surface area contributed by atoms with Gasteiger partial charge < -0.3 is 10.3 Å². The summed E-state index contributed by atoms with van der Waals surface area (Å²) in [7, 11) is 0. The minimum atomic E-state index is 0.0479. The summed E-state index contributed by atoms with van der Waals surface area (Å²) in [6.07, 6.45) is 3.66. The smallest absolute Gasteiger partial charge is 0.0953 e. The average molecular weight is 167 g/mol. The molecular formula is C9H17N3. The van der Waals surface area contributed by atoms with E-state index in [1.165, 1.54) is 0 Å². The molecule has 3 heteroatoms. The third-order valence-electron chi connectivity index (χ3n) is 1.86. The second-order valence-electron chi connectivity index (χ2n) is 4.15. The summed E-state index contributed by atoms with van der Waals surface area (Å²) in [5, 5.41) is 0. The van der Waals surface area contributed by atoms with E-state index in [-0.39, 0.29) is 11.6 Å². The van der Waals surface area contributed by atoms with Gasteiger partial charge in [-0.2, -0.15) is 0 Å². The van der Waals surface area contributed by atoms with Crippen molar-refractivity contribution in [3.8, 4) is 0 Å². The van der Waals surface area contributed by atoms with E-state index in [0.29, 0.717) is 0 Å². The van der Waals surface area contributed by atoms with Crippen molar-refractivity contribution < 1.29 is 0 Å². The summed E-state index contributed by atoms with van der Waals surface area (Å²) in [5.41, 5.74) is 6.95. The second-order valence-corrected chi connectivity index (χ2v) is 4.15. The first-order chi connectivity index (χ1) is 5.43. The van der Waals surface area contributed by atoms with Crippen LogP contribution in [0.1, 0.15) is 39.4 Å². The zero-order valence-electron chi connectivity index (χ0n) is 8.20. The number of nitrogens with two attached hydrogens (primary N) is 1. The maximum Gasteiger partial charge on any atom is 0.0953 e. The Labute approximate surface area is 73.6 Å². The van der Waals surface area contributed by atoms with Gasteiger partial charge in [0.15, 0.2) is 0 Å². The highest BCUT2D eigenvalue weighted by molar-refractivity contribution is 5.06. The Morgan fingerprint density at radius 2 is 2.08 bits per heavy atom. The molecular weight excluding hydrogens is 150 g/mol. The van der Waals surface area contributed by atoms with Crippen LogP contribution in [0.2, 0.25) is 0 Å². The van der Waals surface area contributed by atoms with Crippen molar-refractivity contribution in [3.05, 3.63) is 18.2 Å². The van der Waals surface area contributed by atoms with Crippen LogP contribution in [0.3, 0.4) is 0 Å². The third kappa shape index (κ3) is 1.67. The second kappa shape index (κ2) is 2.90.